The van der Waals surface area contributed by atoms with Crippen LogP contribution in [-0.2, 0) is 0 Å². The molecule has 0 spiro atoms. The third-order valence-corrected chi connectivity index (χ3v) is 2.48. The van der Waals surface area contributed by atoms with Gasteiger partial charge >= 0.3 is 0 Å². The molecule has 0 aliphatic rings. The Kier molecular flexibility index (Phi) is 4.53. The molecular formula is C12H12FN3O3. The number of nitro groups is 1. The highest BCUT2D eigenvalue weighted by Crippen LogP contribution is 2.20. The second-order valence-electron chi connectivity index (χ2n) is 4.12. The number of carbonyl (C=O) groups is 1. The number of nitrogens with one attached hydrogen (secondary N) is 1. The predicted molar refractivity (Wildman–Crippen MR) is 64.9 cm³/mol. The molecule has 100 valence electrons. The molecule has 7 heteroatoms. The average molecular weight is 265 g/mol. The van der Waals surface area contributed by atoms with Crippen LogP contribution in [0.25, 0.3) is 0 Å². The zero-order valence-corrected chi connectivity index (χ0v) is 10.4. The number of benzene rings is 1. The fourth-order valence-electron chi connectivity index (χ4n) is 1.41. The monoisotopic (exact) mass is 265 g/mol. The van der Waals surface area contributed by atoms with Crippen molar-refractivity contribution in [1.29, 1.82) is 5.26 Å². The number of carbonyl (C=O) groups excluding carboxylic acids is 1. The minimum Gasteiger partial charge on any atom is -0.351 e. The van der Waals surface area contributed by atoms with E-state index < -0.39 is 28.1 Å². The van der Waals surface area contributed by atoms with Crippen LogP contribution in [0, 0.1) is 40.1 Å². The SMILES string of the molecule is Cc1cc([N+](=O)[O-])cc(C(=O)NCC(C)C#N)c1F. The molecule has 6 nitrogen and oxygen atoms in total. The first kappa shape index (κ1) is 14.6. The highest BCUT2D eigenvalue weighted by atomic mass is 19.1. The van der Waals surface area contributed by atoms with Crippen molar-refractivity contribution in [2.75, 3.05) is 6.54 Å². The van der Waals surface area contributed by atoms with E-state index in [1.807, 2.05) is 6.07 Å². The molecule has 0 aliphatic heterocycles. The quantitative estimate of drug-likeness (QED) is 0.664. The Morgan fingerprint density at radius 1 is 1.63 bits per heavy atom. The van der Waals surface area contributed by atoms with E-state index in [2.05, 4.69) is 5.32 Å². The Hall–Kier alpha value is -2.49. The molecule has 0 saturated heterocycles. The van der Waals surface area contributed by atoms with E-state index in [0.29, 0.717) is 0 Å². The lowest BCUT2D eigenvalue weighted by Crippen LogP contribution is -2.28. The third-order valence-electron chi connectivity index (χ3n) is 2.48. The van der Waals surface area contributed by atoms with Gasteiger partial charge in [-0.2, -0.15) is 5.26 Å². The predicted octanol–water partition coefficient (Wildman–Crippen LogP) is 1.93. The topological polar surface area (TPSA) is 96.0 Å². The van der Waals surface area contributed by atoms with Gasteiger partial charge in [0.25, 0.3) is 11.6 Å². The molecular weight excluding hydrogens is 253 g/mol. The van der Waals surface area contributed by atoms with Crippen LogP contribution in [0.4, 0.5) is 10.1 Å². The van der Waals surface area contributed by atoms with Crippen molar-refractivity contribution in [3.63, 3.8) is 0 Å². The van der Waals surface area contributed by atoms with E-state index >= 15 is 0 Å². The van der Waals surface area contributed by atoms with Crippen molar-refractivity contribution in [3.05, 3.63) is 39.2 Å². The van der Waals surface area contributed by atoms with Gasteiger partial charge in [0.15, 0.2) is 0 Å². The standard InChI is InChI=1S/C12H12FN3O3/c1-7(5-14)6-15-12(17)10-4-9(16(18)19)3-8(2)11(10)13/h3-4,7H,6H2,1-2H3,(H,15,17). The fraction of sp³-hybridized carbons (Fsp3) is 0.333. The number of hydrogen-bond acceptors (Lipinski definition) is 4. The summed E-state index contributed by atoms with van der Waals surface area (Å²) in [6, 6.07) is 3.85. The van der Waals surface area contributed by atoms with E-state index in [-0.39, 0.29) is 17.8 Å². The Morgan fingerprint density at radius 3 is 2.79 bits per heavy atom. The first-order chi connectivity index (χ1) is 8.86. The van der Waals surface area contributed by atoms with Crippen LogP contribution in [-0.4, -0.2) is 17.4 Å². The van der Waals surface area contributed by atoms with Crippen LogP contribution >= 0.6 is 0 Å². The van der Waals surface area contributed by atoms with E-state index in [1.54, 1.807) is 6.92 Å². The highest BCUT2D eigenvalue weighted by Gasteiger charge is 2.19. The number of rotatable bonds is 4. The number of halogens is 1. The number of nitrogens with zero attached hydrogens (tertiary/aromatic N) is 2. The van der Waals surface area contributed by atoms with E-state index in [1.165, 1.54) is 6.92 Å². The minimum absolute atomic E-state index is 0.0210. The number of nitriles is 1. The molecule has 0 saturated carbocycles. The van der Waals surface area contributed by atoms with Gasteiger partial charge in [-0.05, 0) is 19.4 Å². The number of aryl methyl sites for hydroxylation is 1. The molecule has 1 rings (SSSR count). The van der Waals surface area contributed by atoms with Gasteiger partial charge < -0.3 is 5.32 Å². The maximum absolute atomic E-state index is 13.8. The molecule has 1 atom stereocenters. The molecule has 1 aromatic rings. The summed E-state index contributed by atoms with van der Waals surface area (Å²) in [5, 5.41) is 21.6. The van der Waals surface area contributed by atoms with Crippen LogP contribution in [0.15, 0.2) is 12.1 Å². The van der Waals surface area contributed by atoms with Gasteiger partial charge in [0.05, 0.1) is 22.5 Å². The zero-order chi connectivity index (χ0) is 14.6. The van der Waals surface area contributed by atoms with Crippen LogP contribution in [0.5, 0.6) is 0 Å². The summed E-state index contributed by atoms with van der Waals surface area (Å²) >= 11 is 0. The minimum atomic E-state index is -0.798. The molecule has 0 radical (unpaired) electrons. The number of hydrogen-bond donors (Lipinski definition) is 1. The number of amides is 1. The summed E-state index contributed by atoms with van der Waals surface area (Å²) in [4.78, 5) is 21.7. The second kappa shape index (κ2) is 5.91. The molecule has 1 amide bonds. The molecule has 1 N–H and O–H groups in total. The van der Waals surface area contributed by atoms with E-state index in [0.717, 1.165) is 12.1 Å². The van der Waals surface area contributed by atoms with Crippen molar-refractivity contribution >= 4 is 11.6 Å². The van der Waals surface area contributed by atoms with Crippen LogP contribution < -0.4 is 5.32 Å². The lowest BCUT2D eigenvalue weighted by atomic mass is 10.1. The normalized spacial score (nSPS) is 11.5. The average Bonchev–Trinajstić information content (AvgIpc) is 2.38. The zero-order valence-electron chi connectivity index (χ0n) is 10.4. The molecule has 0 fully saturated rings. The van der Waals surface area contributed by atoms with Crippen LogP contribution in [0.2, 0.25) is 0 Å². The van der Waals surface area contributed by atoms with E-state index in [4.69, 9.17) is 5.26 Å². The molecule has 0 bridgehead atoms. The van der Waals surface area contributed by atoms with Gasteiger partial charge in [-0.1, -0.05) is 0 Å². The van der Waals surface area contributed by atoms with Gasteiger partial charge in [0.2, 0.25) is 0 Å². The van der Waals surface area contributed by atoms with Crippen molar-refractivity contribution in [3.8, 4) is 6.07 Å². The Labute approximate surface area is 109 Å². The smallest absolute Gasteiger partial charge is 0.270 e. The second-order valence-corrected chi connectivity index (χ2v) is 4.12. The lowest BCUT2D eigenvalue weighted by molar-refractivity contribution is -0.385. The van der Waals surface area contributed by atoms with Crippen LogP contribution in [0.3, 0.4) is 0 Å². The molecule has 0 aromatic heterocycles. The summed E-state index contributed by atoms with van der Waals surface area (Å²) in [5.41, 5.74) is -0.720. The first-order valence-corrected chi connectivity index (χ1v) is 5.49. The van der Waals surface area contributed by atoms with Crippen molar-refractivity contribution in [2.24, 2.45) is 5.92 Å². The first-order valence-electron chi connectivity index (χ1n) is 5.49. The van der Waals surface area contributed by atoms with Gasteiger partial charge in [-0.25, -0.2) is 4.39 Å². The Bertz CT molecular complexity index is 566. The molecule has 19 heavy (non-hydrogen) atoms. The number of nitro benzene ring substituents is 1. The summed E-state index contributed by atoms with van der Waals surface area (Å²) in [6.45, 7) is 2.99. The molecule has 1 aromatic carbocycles. The molecule has 1 unspecified atom stereocenters. The summed E-state index contributed by atoms with van der Waals surface area (Å²) in [5.74, 6) is -1.99. The molecule has 0 aliphatic carbocycles. The molecule has 0 heterocycles. The Morgan fingerprint density at radius 2 is 2.26 bits per heavy atom. The maximum Gasteiger partial charge on any atom is 0.270 e. The van der Waals surface area contributed by atoms with Crippen LogP contribution in [0.1, 0.15) is 22.8 Å². The van der Waals surface area contributed by atoms with E-state index in [9.17, 15) is 19.3 Å². The van der Waals surface area contributed by atoms with Gasteiger partial charge in [0, 0.05) is 18.7 Å². The summed E-state index contributed by atoms with van der Waals surface area (Å²) < 4.78 is 13.8. The summed E-state index contributed by atoms with van der Waals surface area (Å²) in [7, 11) is 0. The van der Waals surface area contributed by atoms with Gasteiger partial charge in [0.1, 0.15) is 5.82 Å². The van der Waals surface area contributed by atoms with Crippen molar-refractivity contribution in [2.45, 2.75) is 13.8 Å². The lowest BCUT2D eigenvalue weighted by Gasteiger charge is -2.08. The van der Waals surface area contributed by atoms with Crippen molar-refractivity contribution < 1.29 is 14.1 Å². The number of non-ortho nitro benzene ring substituents is 1. The Balaban J connectivity index is 3.02. The van der Waals surface area contributed by atoms with Crippen molar-refractivity contribution in [1.82, 2.24) is 5.32 Å². The van der Waals surface area contributed by atoms with Gasteiger partial charge in [-0.3, -0.25) is 14.9 Å². The summed E-state index contributed by atoms with van der Waals surface area (Å²) in [6.07, 6.45) is 0. The fourth-order valence-corrected chi connectivity index (χ4v) is 1.41. The maximum atomic E-state index is 13.8. The van der Waals surface area contributed by atoms with Gasteiger partial charge in [-0.15, -0.1) is 0 Å². The highest BCUT2D eigenvalue weighted by molar-refractivity contribution is 5.95. The third kappa shape index (κ3) is 3.48. The largest absolute Gasteiger partial charge is 0.351 e.